The molecule has 0 saturated carbocycles. The van der Waals surface area contributed by atoms with Gasteiger partial charge >= 0.3 is 0 Å². The highest BCUT2D eigenvalue weighted by Gasteiger charge is 2.39. The quantitative estimate of drug-likeness (QED) is 0.0460. The molecule has 0 saturated heterocycles. The maximum absolute atomic E-state index is 2.50. The molecule has 0 aromatic carbocycles. The van der Waals surface area contributed by atoms with E-state index in [2.05, 4.69) is 97.5 Å². The summed E-state index contributed by atoms with van der Waals surface area (Å²) in [5.41, 5.74) is 9.07. The molecule has 56 heavy (non-hydrogen) atoms. The van der Waals surface area contributed by atoms with Gasteiger partial charge in [0.1, 0.15) is 0 Å². The number of rotatable bonds is 30. The van der Waals surface area contributed by atoms with Crippen LogP contribution in [0.5, 0.6) is 0 Å². The van der Waals surface area contributed by atoms with Crippen molar-refractivity contribution >= 4 is 67.6 Å². The number of allylic oxidation sites excluding steroid dienone is 2. The van der Waals surface area contributed by atoms with E-state index in [0.717, 1.165) is 11.8 Å². The van der Waals surface area contributed by atoms with Crippen molar-refractivity contribution < 1.29 is 0 Å². The maximum Gasteiger partial charge on any atom is 0.0442 e. The molecule has 0 amide bonds. The van der Waals surface area contributed by atoms with Gasteiger partial charge in [0.15, 0.2) is 0 Å². The minimum Gasteiger partial charge on any atom is -0.143 e. The standard InChI is InChI=1S/C52H74S4/c1-5-9-13-17-19-23-27-39(25-21-15-11-7-3)37-41-29-31-45(55-41)49-47-43-33-36-54-52(43)50(48(47)44-34-35-53-51(44)49)46-32-30-42(56-46)38-40(26-22-16-12-8-4)28-24-20-18-14-10-6-2/h29-36,39-40H,5-28,37-38H2,1-4H3. The van der Waals surface area contributed by atoms with Crippen LogP contribution in [0, 0.1) is 11.8 Å². The van der Waals surface area contributed by atoms with Crippen molar-refractivity contribution in [2.24, 2.45) is 11.8 Å². The summed E-state index contributed by atoms with van der Waals surface area (Å²) in [6.45, 7) is 9.34. The summed E-state index contributed by atoms with van der Waals surface area (Å²) < 4.78 is 0. The van der Waals surface area contributed by atoms with Crippen LogP contribution >= 0.6 is 45.3 Å². The minimum atomic E-state index is 0.829. The van der Waals surface area contributed by atoms with Crippen molar-refractivity contribution in [2.45, 2.75) is 195 Å². The molecule has 0 radical (unpaired) electrons. The lowest BCUT2D eigenvalue weighted by Gasteiger charge is -2.16. The van der Waals surface area contributed by atoms with Crippen molar-refractivity contribution in [3.05, 3.63) is 87.5 Å². The fourth-order valence-corrected chi connectivity index (χ4v) is 14.0. The van der Waals surface area contributed by atoms with Gasteiger partial charge in [-0.25, -0.2) is 0 Å². The topological polar surface area (TPSA) is 0 Å². The third-order valence-electron chi connectivity index (χ3n) is 12.7. The highest BCUT2D eigenvalue weighted by molar-refractivity contribution is 7.17. The maximum atomic E-state index is 2.50. The van der Waals surface area contributed by atoms with E-state index in [1.807, 2.05) is 22.7 Å². The fraction of sp³-hybridized carbons (Fsp3) is 0.615. The van der Waals surface area contributed by atoms with Crippen LogP contribution in [0.4, 0.5) is 0 Å². The molecule has 6 rings (SSSR count). The first kappa shape index (κ1) is 43.8. The lowest BCUT2D eigenvalue weighted by Crippen LogP contribution is -2.04. The average molecular weight is 827 g/mol. The van der Waals surface area contributed by atoms with E-state index in [0.29, 0.717) is 0 Å². The third kappa shape index (κ3) is 11.7. The van der Waals surface area contributed by atoms with Gasteiger partial charge in [0, 0.05) is 62.7 Å². The Bertz CT molecular complexity index is 1650. The molecule has 0 fully saturated rings. The molecule has 0 aliphatic heterocycles. The Kier molecular flexibility index (Phi) is 18.6. The van der Waals surface area contributed by atoms with E-state index in [1.54, 1.807) is 9.75 Å². The molecular weight excluding hydrogens is 753 g/mol. The molecular formula is C52H74S4. The number of hydrogen-bond donors (Lipinski definition) is 0. The highest BCUT2D eigenvalue weighted by atomic mass is 32.1. The van der Waals surface area contributed by atoms with Gasteiger partial charge in [-0.3, -0.25) is 0 Å². The van der Waals surface area contributed by atoms with E-state index in [9.17, 15) is 0 Å². The van der Waals surface area contributed by atoms with Crippen LogP contribution in [0.1, 0.15) is 222 Å². The smallest absolute Gasteiger partial charge is 0.0442 e. The van der Waals surface area contributed by atoms with Gasteiger partial charge in [-0.2, -0.15) is 0 Å². The molecule has 0 spiro atoms. The summed E-state index contributed by atoms with van der Waals surface area (Å²) in [7, 11) is 0. The van der Waals surface area contributed by atoms with Crippen LogP contribution in [0.25, 0.3) is 22.3 Å². The van der Waals surface area contributed by atoms with E-state index in [-0.39, 0.29) is 0 Å². The van der Waals surface area contributed by atoms with Gasteiger partial charge in [0.2, 0.25) is 0 Å². The minimum absolute atomic E-state index is 0.829. The summed E-state index contributed by atoms with van der Waals surface area (Å²) in [4.78, 5) is 9.19. The van der Waals surface area contributed by atoms with Crippen molar-refractivity contribution in [1.29, 1.82) is 0 Å². The zero-order valence-electron chi connectivity index (χ0n) is 35.8. The lowest BCUT2D eigenvalue weighted by atomic mass is 9.91. The molecule has 0 N–H and O–H groups in total. The molecule has 0 bridgehead atoms. The van der Waals surface area contributed by atoms with Crippen LogP contribution in [-0.2, 0) is 12.8 Å². The van der Waals surface area contributed by atoms with Crippen LogP contribution < -0.4 is 0 Å². The van der Waals surface area contributed by atoms with E-state index >= 15 is 0 Å². The monoisotopic (exact) mass is 826 g/mol. The first-order valence-electron chi connectivity index (χ1n) is 23.5. The van der Waals surface area contributed by atoms with Crippen molar-refractivity contribution in [3.8, 4) is 0 Å². The van der Waals surface area contributed by atoms with E-state index in [1.165, 1.54) is 220 Å². The van der Waals surface area contributed by atoms with Crippen molar-refractivity contribution in [3.63, 3.8) is 0 Å². The Morgan fingerprint density at radius 2 is 0.714 bits per heavy atom. The van der Waals surface area contributed by atoms with Crippen molar-refractivity contribution in [2.75, 3.05) is 0 Å². The predicted molar refractivity (Wildman–Crippen MR) is 257 cm³/mol. The third-order valence-corrected chi connectivity index (χ3v) is 16.8. The zero-order chi connectivity index (χ0) is 39.0. The Morgan fingerprint density at radius 3 is 1.09 bits per heavy atom. The molecule has 4 heteroatoms. The Hall–Kier alpha value is -1.72. The Labute approximate surface area is 359 Å². The molecule has 4 aromatic rings. The van der Waals surface area contributed by atoms with Gasteiger partial charge in [0.25, 0.3) is 0 Å². The van der Waals surface area contributed by atoms with Gasteiger partial charge in [-0.1, -0.05) is 182 Å². The molecule has 2 atom stereocenters. The Balaban J connectivity index is 1.21. The largest absolute Gasteiger partial charge is 0.143 e. The van der Waals surface area contributed by atoms with Crippen molar-refractivity contribution in [1.82, 2.24) is 0 Å². The average Bonchev–Trinajstić information content (AvgIpc) is 4.06. The molecule has 2 aliphatic carbocycles. The SMILES string of the molecule is CCCCCCCCC(CCCCCC)Cc1ccc(C2=C3C(=C(c4ccc(CC(CCCCCC)CCCCCCCC)s4)c4sccc43)c3ccsc32)s1. The lowest BCUT2D eigenvalue weighted by molar-refractivity contribution is 0.404. The summed E-state index contributed by atoms with van der Waals surface area (Å²) in [6.07, 6.45) is 36.0. The number of thiophene rings is 4. The van der Waals surface area contributed by atoms with E-state index in [4.69, 9.17) is 0 Å². The Morgan fingerprint density at radius 1 is 0.375 bits per heavy atom. The normalized spacial score (nSPS) is 14.6. The molecule has 4 aromatic heterocycles. The summed E-state index contributed by atoms with van der Waals surface area (Å²) in [5.74, 6) is 1.66. The molecule has 2 aliphatic rings. The first-order valence-corrected chi connectivity index (χ1v) is 26.9. The van der Waals surface area contributed by atoms with Gasteiger partial charge in [-0.05, 0) is 71.8 Å². The summed E-state index contributed by atoms with van der Waals surface area (Å²) in [5, 5.41) is 4.70. The summed E-state index contributed by atoms with van der Waals surface area (Å²) in [6, 6.07) is 14.9. The molecule has 306 valence electrons. The second-order valence-electron chi connectivity index (χ2n) is 17.3. The molecule has 0 nitrogen and oxygen atoms in total. The van der Waals surface area contributed by atoms with Gasteiger partial charge in [-0.15, -0.1) is 45.3 Å². The molecule has 2 unspecified atom stereocenters. The van der Waals surface area contributed by atoms with E-state index < -0.39 is 0 Å². The zero-order valence-corrected chi connectivity index (χ0v) is 39.1. The second kappa shape index (κ2) is 23.8. The highest BCUT2D eigenvalue weighted by Crippen LogP contribution is 2.61. The number of hydrogen-bond acceptors (Lipinski definition) is 4. The van der Waals surface area contributed by atoms with Crippen LogP contribution in [-0.4, -0.2) is 0 Å². The van der Waals surface area contributed by atoms with Crippen LogP contribution in [0.15, 0.2) is 47.2 Å². The van der Waals surface area contributed by atoms with Crippen LogP contribution in [0.3, 0.4) is 0 Å². The fourth-order valence-electron chi connectivity index (χ4n) is 9.54. The van der Waals surface area contributed by atoms with Gasteiger partial charge in [0.05, 0.1) is 0 Å². The predicted octanol–water partition coefficient (Wildman–Crippen LogP) is 18.9. The number of fused-ring (bicyclic) bond motifs is 5. The van der Waals surface area contributed by atoms with Gasteiger partial charge < -0.3 is 0 Å². The number of unbranched alkanes of at least 4 members (excludes halogenated alkanes) is 16. The second-order valence-corrected chi connectivity index (χ2v) is 21.5. The molecule has 4 heterocycles. The summed E-state index contributed by atoms with van der Waals surface area (Å²) >= 11 is 8.14. The van der Waals surface area contributed by atoms with Crippen LogP contribution in [0.2, 0.25) is 0 Å². The first-order chi connectivity index (χ1) is 27.7.